The van der Waals surface area contributed by atoms with E-state index in [1.165, 1.54) is 26.4 Å². The molecule has 0 bridgehead atoms. The number of hydrogen-bond donors (Lipinski definition) is 1. The van der Waals surface area contributed by atoms with Gasteiger partial charge in [-0.25, -0.2) is 13.7 Å². The number of anilines is 2. The van der Waals surface area contributed by atoms with Crippen LogP contribution in [0.4, 0.5) is 20.2 Å². The Kier molecular flexibility index (Phi) is 5.83. The van der Waals surface area contributed by atoms with Gasteiger partial charge in [-0.05, 0) is 36.8 Å². The van der Waals surface area contributed by atoms with Crippen LogP contribution in [0.15, 0.2) is 66.4 Å². The lowest BCUT2D eigenvalue weighted by molar-refractivity contribution is -0.120. The maximum Gasteiger partial charge on any atom is 0.282 e. The summed E-state index contributed by atoms with van der Waals surface area (Å²) < 4.78 is 37.8. The van der Waals surface area contributed by atoms with Gasteiger partial charge in [-0.15, -0.1) is 0 Å². The summed E-state index contributed by atoms with van der Waals surface area (Å²) in [7, 11) is 2.89. The van der Waals surface area contributed by atoms with Crippen molar-refractivity contribution >= 4 is 28.8 Å². The van der Waals surface area contributed by atoms with Crippen LogP contribution in [0.5, 0.6) is 11.5 Å². The number of methoxy groups -OCH3 is 2. The summed E-state index contributed by atoms with van der Waals surface area (Å²) in [6, 6.07) is 14.9. The molecule has 0 saturated carbocycles. The van der Waals surface area contributed by atoms with Gasteiger partial charge in [-0.3, -0.25) is 9.59 Å². The highest BCUT2D eigenvalue weighted by atomic mass is 19.2. The van der Waals surface area contributed by atoms with Crippen LogP contribution in [-0.2, 0) is 9.59 Å². The summed E-state index contributed by atoms with van der Waals surface area (Å²) in [4.78, 5) is 28.1. The van der Waals surface area contributed by atoms with Gasteiger partial charge in [0.15, 0.2) is 11.6 Å². The third kappa shape index (κ3) is 4.03. The van der Waals surface area contributed by atoms with Crippen LogP contribution in [0.3, 0.4) is 0 Å². The third-order valence-corrected chi connectivity index (χ3v) is 5.24. The Hall–Kier alpha value is -4.20. The number of ether oxygens (including phenoxy) is 2. The predicted octanol–water partition coefficient (Wildman–Crippen LogP) is 4.69. The highest BCUT2D eigenvalue weighted by molar-refractivity contribution is 6.46. The minimum atomic E-state index is -1.08. The molecule has 168 valence electrons. The van der Waals surface area contributed by atoms with Gasteiger partial charge in [-0.2, -0.15) is 0 Å². The number of rotatable bonds is 6. The Morgan fingerprint density at radius 1 is 0.818 bits per heavy atom. The maximum absolute atomic E-state index is 13.8. The lowest BCUT2D eigenvalue weighted by Gasteiger charge is -2.19. The van der Waals surface area contributed by atoms with Crippen molar-refractivity contribution in [1.29, 1.82) is 0 Å². The van der Waals surface area contributed by atoms with Gasteiger partial charge in [0.2, 0.25) is 0 Å². The van der Waals surface area contributed by atoms with E-state index >= 15 is 0 Å². The van der Waals surface area contributed by atoms with Crippen LogP contribution in [0, 0.1) is 18.6 Å². The molecule has 8 heteroatoms. The molecule has 1 N–H and O–H groups in total. The topological polar surface area (TPSA) is 67.9 Å². The van der Waals surface area contributed by atoms with E-state index in [9.17, 15) is 18.4 Å². The average molecular weight is 450 g/mol. The van der Waals surface area contributed by atoms with Gasteiger partial charge in [0.25, 0.3) is 11.8 Å². The monoisotopic (exact) mass is 450 g/mol. The number of aryl methyl sites for hydroxylation is 1. The van der Waals surface area contributed by atoms with E-state index in [1.54, 1.807) is 24.3 Å². The van der Waals surface area contributed by atoms with Crippen LogP contribution in [0.25, 0.3) is 5.57 Å². The normalized spacial score (nSPS) is 13.5. The fraction of sp³-hybridized carbons (Fsp3) is 0.120. The number of carbonyl (C=O) groups is 2. The van der Waals surface area contributed by atoms with E-state index in [1.807, 2.05) is 19.1 Å². The quantitative estimate of drug-likeness (QED) is 0.552. The molecule has 0 saturated heterocycles. The molecule has 1 aliphatic heterocycles. The highest BCUT2D eigenvalue weighted by Crippen LogP contribution is 2.39. The second-order valence-corrected chi connectivity index (χ2v) is 7.35. The Labute approximate surface area is 189 Å². The summed E-state index contributed by atoms with van der Waals surface area (Å²) >= 11 is 0. The molecule has 1 heterocycles. The number of carbonyl (C=O) groups excluding carboxylic acids is 2. The lowest BCUT2D eigenvalue weighted by Crippen LogP contribution is -2.32. The molecule has 0 radical (unpaired) electrons. The fourth-order valence-electron chi connectivity index (χ4n) is 3.54. The van der Waals surface area contributed by atoms with Gasteiger partial charge in [0.1, 0.15) is 17.2 Å². The van der Waals surface area contributed by atoms with E-state index in [-0.39, 0.29) is 28.4 Å². The number of benzene rings is 3. The van der Waals surface area contributed by atoms with Crippen molar-refractivity contribution in [2.45, 2.75) is 6.92 Å². The summed E-state index contributed by atoms with van der Waals surface area (Å²) in [5, 5.41) is 2.81. The third-order valence-electron chi connectivity index (χ3n) is 5.24. The van der Waals surface area contributed by atoms with Gasteiger partial charge < -0.3 is 14.8 Å². The molecule has 3 aromatic rings. The van der Waals surface area contributed by atoms with Crippen molar-refractivity contribution in [2.24, 2.45) is 0 Å². The lowest BCUT2D eigenvalue weighted by atomic mass is 10.0. The molecule has 3 aromatic carbocycles. The summed E-state index contributed by atoms with van der Waals surface area (Å²) in [6.45, 7) is 1.90. The van der Waals surface area contributed by atoms with Gasteiger partial charge in [-0.1, -0.05) is 29.8 Å². The van der Waals surface area contributed by atoms with Crippen LogP contribution in [0.1, 0.15) is 11.1 Å². The molecule has 0 unspecified atom stereocenters. The van der Waals surface area contributed by atoms with Crippen molar-refractivity contribution in [3.63, 3.8) is 0 Å². The van der Waals surface area contributed by atoms with Crippen molar-refractivity contribution in [3.8, 4) is 11.5 Å². The van der Waals surface area contributed by atoms with E-state index in [0.717, 1.165) is 22.6 Å². The van der Waals surface area contributed by atoms with E-state index in [4.69, 9.17) is 9.47 Å². The largest absolute Gasteiger partial charge is 0.497 e. The minimum Gasteiger partial charge on any atom is -0.497 e. The predicted molar refractivity (Wildman–Crippen MR) is 120 cm³/mol. The number of nitrogens with one attached hydrogen (secondary N) is 1. The molecule has 2 amide bonds. The van der Waals surface area contributed by atoms with Gasteiger partial charge in [0.05, 0.1) is 25.5 Å². The minimum absolute atomic E-state index is 0.0697. The molecule has 0 fully saturated rings. The molecule has 6 nitrogen and oxygen atoms in total. The maximum atomic E-state index is 13.8. The molecule has 1 aliphatic rings. The standard InChI is InChI=1S/C25H20F2N2O4/c1-14-4-6-15(7-5-14)22-23(28-16-8-10-18(26)19(27)12-16)25(31)29(24(22)30)20-13-17(32-2)9-11-21(20)33-3/h4-13,28H,1-3H3. The first-order chi connectivity index (χ1) is 15.8. The number of hydrogen-bond acceptors (Lipinski definition) is 5. The van der Waals surface area contributed by atoms with Crippen LogP contribution >= 0.6 is 0 Å². The first-order valence-corrected chi connectivity index (χ1v) is 9.98. The van der Waals surface area contributed by atoms with Crippen LogP contribution in [0.2, 0.25) is 0 Å². The fourth-order valence-corrected chi connectivity index (χ4v) is 3.54. The van der Waals surface area contributed by atoms with Crippen LogP contribution in [-0.4, -0.2) is 26.0 Å². The Morgan fingerprint density at radius 3 is 2.18 bits per heavy atom. The molecule has 4 rings (SSSR count). The van der Waals surface area contributed by atoms with Crippen molar-refractivity contribution in [3.05, 3.63) is 89.1 Å². The summed E-state index contributed by atoms with van der Waals surface area (Å²) in [5.41, 5.74) is 1.80. The Bertz CT molecular complexity index is 1290. The first-order valence-electron chi connectivity index (χ1n) is 9.98. The molecular formula is C25H20F2N2O4. The number of nitrogens with zero attached hydrogens (tertiary/aromatic N) is 1. The van der Waals surface area contributed by atoms with E-state index in [2.05, 4.69) is 5.32 Å². The Balaban J connectivity index is 1.86. The number of imide groups is 1. The van der Waals surface area contributed by atoms with Crippen LogP contribution < -0.4 is 19.7 Å². The zero-order valence-corrected chi connectivity index (χ0v) is 18.1. The zero-order chi connectivity index (χ0) is 23.7. The second-order valence-electron chi connectivity index (χ2n) is 7.35. The first kappa shape index (κ1) is 22.0. The molecule has 0 aliphatic carbocycles. The van der Waals surface area contributed by atoms with Gasteiger partial charge >= 0.3 is 0 Å². The molecule has 0 atom stereocenters. The number of halogens is 2. The molecular weight excluding hydrogens is 430 g/mol. The molecule has 0 aromatic heterocycles. The van der Waals surface area contributed by atoms with E-state index in [0.29, 0.717) is 11.3 Å². The van der Waals surface area contributed by atoms with Gasteiger partial charge in [0, 0.05) is 17.8 Å². The van der Waals surface area contributed by atoms with Crippen molar-refractivity contribution in [2.75, 3.05) is 24.4 Å². The zero-order valence-electron chi connectivity index (χ0n) is 18.1. The Morgan fingerprint density at radius 2 is 1.55 bits per heavy atom. The smallest absolute Gasteiger partial charge is 0.282 e. The SMILES string of the molecule is COc1ccc(OC)c(N2C(=O)C(Nc3ccc(F)c(F)c3)=C(c3ccc(C)cc3)C2=O)c1. The van der Waals surface area contributed by atoms with E-state index < -0.39 is 23.4 Å². The summed E-state index contributed by atoms with van der Waals surface area (Å²) in [6.07, 6.45) is 0. The number of amides is 2. The highest BCUT2D eigenvalue weighted by Gasteiger charge is 2.41. The molecule has 0 spiro atoms. The average Bonchev–Trinajstić information content (AvgIpc) is 3.05. The van der Waals surface area contributed by atoms with Crippen molar-refractivity contribution in [1.82, 2.24) is 0 Å². The summed E-state index contributed by atoms with van der Waals surface area (Å²) in [5.74, 6) is -2.67. The molecule has 33 heavy (non-hydrogen) atoms. The van der Waals surface area contributed by atoms with Crippen molar-refractivity contribution < 1.29 is 27.8 Å². The second kappa shape index (κ2) is 8.74.